The van der Waals surface area contributed by atoms with Crippen LogP contribution in [0, 0.1) is 18.8 Å². The Hall–Kier alpha value is -1.94. The number of methoxy groups -OCH3 is 1. The highest BCUT2D eigenvalue weighted by Crippen LogP contribution is 2.54. The second kappa shape index (κ2) is 7.12. The van der Waals surface area contributed by atoms with E-state index in [4.69, 9.17) is 4.74 Å². The molecule has 4 rings (SSSR count). The van der Waals surface area contributed by atoms with Gasteiger partial charge in [-0.3, -0.25) is 0 Å². The van der Waals surface area contributed by atoms with Gasteiger partial charge in [0.05, 0.1) is 7.11 Å². The van der Waals surface area contributed by atoms with E-state index in [2.05, 4.69) is 39.6 Å². The van der Waals surface area contributed by atoms with Gasteiger partial charge in [0.2, 0.25) is 0 Å². The minimum absolute atomic E-state index is 0.556. The summed E-state index contributed by atoms with van der Waals surface area (Å²) in [7, 11) is 1.73. The Morgan fingerprint density at radius 3 is 2.40 bits per heavy atom. The van der Waals surface area contributed by atoms with E-state index in [-0.39, 0.29) is 0 Å². The summed E-state index contributed by atoms with van der Waals surface area (Å²) in [6, 6.07) is 9.24. The summed E-state index contributed by atoms with van der Waals surface area (Å²) < 4.78 is 5.32. The van der Waals surface area contributed by atoms with Crippen LogP contribution in [-0.4, -0.2) is 23.1 Å². The number of nitrogens with one attached hydrogen (secondary N) is 1. The monoisotopic (exact) mass is 337 g/mol. The van der Waals surface area contributed by atoms with Crippen molar-refractivity contribution in [1.29, 1.82) is 0 Å². The molecule has 0 amide bonds. The zero-order valence-electron chi connectivity index (χ0n) is 15.1. The average Bonchev–Trinajstić information content (AvgIpc) is 2.65. The summed E-state index contributed by atoms with van der Waals surface area (Å²) in [5.41, 5.74) is 2.61. The smallest absolute Gasteiger partial charge is 0.125 e. The fraction of sp³-hybridized carbons (Fsp3) is 0.524. The molecule has 1 N–H and O–H groups in total. The molecule has 4 atom stereocenters. The maximum atomic E-state index is 5.32. The Labute approximate surface area is 150 Å². The van der Waals surface area contributed by atoms with Crippen molar-refractivity contribution in [2.45, 2.75) is 51.1 Å². The highest BCUT2D eigenvalue weighted by atomic mass is 16.5. The van der Waals surface area contributed by atoms with Crippen molar-refractivity contribution in [3.8, 4) is 5.75 Å². The molecule has 4 nitrogen and oxygen atoms in total. The molecule has 1 aromatic heterocycles. The molecule has 2 aromatic rings. The van der Waals surface area contributed by atoms with Gasteiger partial charge in [-0.2, -0.15) is 0 Å². The molecule has 0 aliphatic heterocycles. The summed E-state index contributed by atoms with van der Waals surface area (Å²) in [4.78, 5) is 8.63. The minimum Gasteiger partial charge on any atom is -0.497 e. The van der Waals surface area contributed by atoms with Crippen LogP contribution in [0.15, 0.2) is 36.7 Å². The van der Waals surface area contributed by atoms with Gasteiger partial charge in [-0.1, -0.05) is 25.0 Å². The second-order valence-corrected chi connectivity index (χ2v) is 7.46. The van der Waals surface area contributed by atoms with Crippen LogP contribution >= 0.6 is 0 Å². The summed E-state index contributed by atoms with van der Waals surface area (Å²) in [6.45, 7) is 2.77. The lowest BCUT2D eigenvalue weighted by Gasteiger charge is -2.55. The summed E-state index contributed by atoms with van der Waals surface area (Å²) in [5.74, 6) is 4.02. The molecule has 2 fully saturated rings. The number of benzene rings is 1. The van der Waals surface area contributed by atoms with Gasteiger partial charge in [0.15, 0.2) is 0 Å². The lowest BCUT2D eigenvalue weighted by atomic mass is 9.53. The molecule has 0 unspecified atom stereocenters. The first kappa shape index (κ1) is 16.5. The topological polar surface area (TPSA) is 47.0 Å². The number of nitrogens with zero attached hydrogens (tertiary/aromatic N) is 2. The molecule has 132 valence electrons. The number of fused-ring (bicyclic) bond motifs is 1. The number of ether oxygens (including phenoxy) is 1. The van der Waals surface area contributed by atoms with E-state index < -0.39 is 0 Å². The maximum absolute atomic E-state index is 5.32. The molecular weight excluding hydrogens is 310 g/mol. The van der Waals surface area contributed by atoms with E-state index in [0.29, 0.717) is 12.0 Å². The quantitative estimate of drug-likeness (QED) is 0.900. The van der Waals surface area contributed by atoms with Crippen LogP contribution in [-0.2, 0) is 6.54 Å². The Bertz CT molecular complexity index is 698. The molecule has 0 saturated heterocycles. The fourth-order valence-corrected chi connectivity index (χ4v) is 4.77. The van der Waals surface area contributed by atoms with Crippen LogP contribution in [0.2, 0.25) is 0 Å². The van der Waals surface area contributed by atoms with Crippen LogP contribution in [0.3, 0.4) is 0 Å². The van der Waals surface area contributed by atoms with Gasteiger partial charge in [0.1, 0.15) is 11.6 Å². The fourth-order valence-electron chi connectivity index (χ4n) is 4.77. The Balaban J connectivity index is 1.49. The van der Waals surface area contributed by atoms with E-state index in [1.165, 1.54) is 36.8 Å². The van der Waals surface area contributed by atoms with Crippen LogP contribution in [0.5, 0.6) is 5.75 Å². The molecule has 0 radical (unpaired) electrons. The number of rotatable bonds is 5. The van der Waals surface area contributed by atoms with Crippen LogP contribution in [0.4, 0.5) is 0 Å². The van der Waals surface area contributed by atoms with Gasteiger partial charge in [0, 0.05) is 36.5 Å². The van der Waals surface area contributed by atoms with E-state index in [0.717, 1.165) is 30.0 Å². The first-order valence-corrected chi connectivity index (χ1v) is 9.41. The van der Waals surface area contributed by atoms with Gasteiger partial charge in [0.25, 0.3) is 0 Å². The predicted molar refractivity (Wildman–Crippen MR) is 98.6 cm³/mol. The number of aromatic nitrogens is 2. The minimum atomic E-state index is 0.556. The molecule has 2 aliphatic carbocycles. The third kappa shape index (κ3) is 3.28. The third-order valence-electron chi connectivity index (χ3n) is 6.06. The molecule has 1 aromatic carbocycles. The first-order valence-electron chi connectivity index (χ1n) is 9.41. The number of aryl methyl sites for hydroxylation is 1. The summed E-state index contributed by atoms with van der Waals surface area (Å²) in [5, 5.41) is 3.82. The normalized spacial score (nSPS) is 28.1. The van der Waals surface area contributed by atoms with Crippen molar-refractivity contribution in [1.82, 2.24) is 15.3 Å². The van der Waals surface area contributed by atoms with Gasteiger partial charge in [-0.05, 0) is 49.3 Å². The van der Waals surface area contributed by atoms with E-state index >= 15 is 0 Å². The summed E-state index contributed by atoms with van der Waals surface area (Å²) >= 11 is 0. The number of hydrogen-bond acceptors (Lipinski definition) is 4. The van der Waals surface area contributed by atoms with Crippen molar-refractivity contribution >= 4 is 0 Å². The zero-order valence-corrected chi connectivity index (χ0v) is 15.1. The molecule has 25 heavy (non-hydrogen) atoms. The lowest BCUT2D eigenvalue weighted by Crippen LogP contribution is -2.57. The second-order valence-electron chi connectivity index (χ2n) is 7.46. The maximum Gasteiger partial charge on any atom is 0.125 e. The third-order valence-corrected chi connectivity index (χ3v) is 6.06. The largest absolute Gasteiger partial charge is 0.497 e. The van der Waals surface area contributed by atoms with Gasteiger partial charge in [-0.25, -0.2) is 9.97 Å². The number of hydrogen-bond donors (Lipinski definition) is 1. The molecular formula is C21H27N3O. The van der Waals surface area contributed by atoms with Crippen LogP contribution in [0.25, 0.3) is 0 Å². The summed E-state index contributed by atoms with van der Waals surface area (Å²) in [6.07, 6.45) is 9.37. The van der Waals surface area contributed by atoms with Gasteiger partial charge < -0.3 is 10.1 Å². The predicted octanol–water partition coefficient (Wildman–Crippen LogP) is 3.86. The van der Waals surface area contributed by atoms with E-state index in [9.17, 15) is 0 Å². The van der Waals surface area contributed by atoms with E-state index in [1.54, 1.807) is 7.11 Å². The standard InChI is InChI=1S/C21H27N3O/c1-14-22-11-15(12-23-14)13-24-21-19-6-4-3-5-18(19)20(21)16-7-9-17(25-2)10-8-16/h7-12,18-21,24H,3-6,13H2,1-2H3/t18-,19-,20+,21+/m1/s1. The van der Waals surface area contributed by atoms with Crippen molar-refractivity contribution in [2.24, 2.45) is 11.8 Å². The molecule has 0 bridgehead atoms. The molecule has 4 heteroatoms. The van der Waals surface area contributed by atoms with Crippen molar-refractivity contribution in [3.05, 3.63) is 53.6 Å². The van der Waals surface area contributed by atoms with Gasteiger partial charge in [-0.15, -0.1) is 0 Å². The highest BCUT2D eigenvalue weighted by Gasteiger charge is 2.50. The highest BCUT2D eigenvalue weighted by molar-refractivity contribution is 5.33. The molecule has 0 spiro atoms. The van der Waals surface area contributed by atoms with Crippen molar-refractivity contribution in [3.63, 3.8) is 0 Å². The van der Waals surface area contributed by atoms with E-state index in [1.807, 2.05) is 19.3 Å². The van der Waals surface area contributed by atoms with Crippen molar-refractivity contribution < 1.29 is 4.74 Å². The Morgan fingerprint density at radius 2 is 1.72 bits per heavy atom. The van der Waals surface area contributed by atoms with Crippen molar-refractivity contribution in [2.75, 3.05) is 7.11 Å². The Kier molecular flexibility index (Phi) is 4.71. The lowest BCUT2D eigenvalue weighted by molar-refractivity contribution is 0.0253. The first-order chi connectivity index (χ1) is 12.3. The molecule has 2 saturated carbocycles. The molecule has 1 heterocycles. The van der Waals surface area contributed by atoms with Crippen LogP contribution < -0.4 is 10.1 Å². The molecule has 2 aliphatic rings. The van der Waals surface area contributed by atoms with Crippen LogP contribution in [0.1, 0.15) is 48.6 Å². The SMILES string of the molecule is COc1ccc([C@H]2[C@@H]3CCCC[C@H]3[C@@H]2NCc2cnc(C)nc2)cc1. The zero-order chi connectivity index (χ0) is 17.2. The van der Waals surface area contributed by atoms with Gasteiger partial charge >= 0.3 is 0 Å². The average molecular weight is 337 g/mol. The Morgan fingerprint density at radius 1 is 1.04 bits per heavy atom.